The summed E-state index contributed by atoms with van der Waals surface area (Å²) in [5, 5.41) is 0. The molecule has 0 saturated carbocycles. The zero-order valence-corrected chi connectivity index (χ0v) is 21.4. The van der Waals surface area contributed by atoms with Crippen molar-refractivity contribution in [2.45, 2.75) is 24.4 Å². The van der Waals surface area contributed by atoms with Crippen LogP contribution in [-0.2, 0) is 29.5 Å². The highest BCUT2D eigenvalue weighted by atomic mass is 32.2. The monoisotopic (exact) mass is 519 g/mol. The first-order chi connectivity index (χ1) is 17.4. The van der Waals surface area contributed by atoms with Gasteiger partial charge in [0.15, 0.2) is 4.80 Å². The number of nitrogens with zero attached hydrogens (tertiary/aromatic N) is 3. The van der Waals surface area contributed by atoms with E-state index in [1.165, 1.54) is 45.5 Å². The molecule has 0 saturated heterocycles. The summed E-state index contributed by atoms with van der Waals surface area (Å²) in [6, 6.07) is 19.6. The van der Waals surface area contributed by atoms with Gasteiger partial charge in [-0.1, -0.05) is 47.7 Å². The van der Waals surface area contributed by atoms with Crippen LogP contribution >= 0.6 is 11.3 Å². The normalized spacial score (nSPS) is 14.5. The minimum Gasteiger partial charge on any atom is -0.495 e. The molecule has 0 bridgehead atoms. The number of sulfonamides is 1. The number of ether oxygens (including phenoxy) is 1. The van der Waals surface area contributed by atoms with Crippen molar-refractivity contribution < 1.29 is 17.9 Å². The number of benzene rings is 3. The Balaban J connectivity index is 1.44. The Morgan fingerprint density at radius 2 is 1.83 bits per heavy atom. The van der Waals surface area contributed by atoms with Crippen molar-refractivity contribution in [3.8, 4) is 5.75 Å². The van der Waals surface area contributed by atoms with Crippen LogP contribution in [0.1, 0.15) is 21.5 Å². The van der Waals surface area contributed by atoms with Crippen LogP contribution in [0.15, 0.2) is 89.3 Å². The average Bonchev–Trinajstić information content (AvgIpc) is 3.25. The predicted molar refractivity (Wildman–Crippen MR) is 141 cm³/mol. The summed E-state index contributed by atoms with van der Waals surface area (Å²) in [5.41, 5.74) is 3.36. The van der Waals surface area contributed by atoms with E-state index in [2.05, 4.69) is 11.6 Å². The summed E-state index contributed by atoms with van der Waals surface area (Å²) in [4.78, 5) is 18.0. The average molecular weight is 520 g/mol. The van der Waals surface area contributed by atoms with Crippen molar-refractivity contribution >= 4 is 37.5 Å². The van der Waals surface area contributed by atoms with Crippen molar-refractivity contribution in [3.05, 3.63) is 101 Å². The van der Waals surface area contributed by atoms with Crippen LogP contribution in [0.25, 0.3) is 10.2 Å². The number of aromatic nitrogens is 1. The molecule has 1 aromatic heterocycles. The number of carbonyl (C=O) groups is 1. The lowest BCUT2D eigenvalue weighted by molar-refractivity contribution is 0.0997. The van der Waals surface area contributed by atoms with Crippen molar-refractivity contribution in [2.24, 2.45) is 4.99 Å². The minimum atomic E-state index is -3.68. The van der Waals surface area contributed by atoms with Gasteiger partial charge >= 0.3 is 0 Å². The van der Waals surface area contributed by atoms with Gasteiger partial charge in [0, 0.05) is 25.2 Å². The van der Waals surface area contributed by atoms with Gasteiger partial charge in [-0.15, -0.1) is 6.58 Å². The zero-order chi connectivity index (χ0) is 25.3. The van der Waals surface area contributed by atoms with Crippen molar-refractivity contribution in [1.82, 2.24) is 8.87 Å². The van der Waals surface area contributed by atoms with E-state index in [4.69, 9.17) is 4.74 Å². The minimum absolute atomic E-state index is 0.159. The molecular formula is C27H25N3O4S2. The van der Waals surface area contributed by atoms with Gasteiger partial charge in [-0.25, -0.2) is 8.42 Å². The Bertz CT molecular complexity index is 1630. The maximum atomic E-state index is 13.2. The summed E-state index contributed by atoms with van der Waals surface area (Å²) < 4.78 is 36.3. The van der Waals surface area contributed by atoms with Gasteiger partial charge in [0.2, 0.25) is 10.0 Å². The molecule has 1 amide bonds. The number of thiazole rings is 1. The smallest absolute Gasteiger partial charge is 0.279 e. The molecule has 7 nitrogen and oxygen atoms in total. The maximum Gasteiger partial charge on any atom is 0.279 e. The second kappa shape index (κ2) is 9.85. The Morgan fingerprint density at radius 1 is 1.08 bits per heavy atom. The highest BCUT2D eigenvalue weighted by Crippen LogP contribution is 2.28. The molecule has 1 aliphatic rings. The first kappa shape index (κ1) is 24.2. The van der Waals surface area contributed by atoms with Gasteiger partial charge in [0.1, 0.15) is 11.3 Å². The first-order valence-electron chi connectivity index (χ1n) is 11.5. The summed E-state index contributed by atoms with van der Waals surface area (Å²) in [5.74, 6) is 0.239. The molecule has 9 heteroatoms. The number of hydrogen-bond acceptors (Lipinski definition) is 5. The lowest BCUT2D eigenvalue weighted by Crippen LogP contribution is -2.35. The highest BCUT2D eigenvalue weighted by Gasteiger charge is 2.28. The largest absolute Gasteiger partial charge is 0.495 e. The molecule has 5 rings (SSSR count). The molecule has 2 heterocycles. The number of allylic oxidation sites excluding steroid dienone is 1. The van der Waals surface area contributed by atoms with Crippen LogP contribution in [-0.4, -0.2) is 36.9 Å². The number of carbonyl (C=O) groups excluding carboxylic acids is 1. The fourth-order valence-electron chi connectivity index (χ4n) is 4.39. The number of para-hydroxylation sites is 1. The quantitative estimate of drug-likeness (QED) is 0.354. The van der Waals surface area contributed by atoms with Crippen LogP contribution in [0.3, 0.4) is 0 Å². The number of fused-ring (bicyclic) bond motifs is 2. The molecule has 36 heavy (non-hydrogen) atoms. The first-order valence-corrected chi connectivity index (χ1v) is 13.7. The zero-order valence-electron chi connectivity index (χ0n) is 19.8. The van der Waals surface area contributed by atoms with E-state index in [0.717, 1.165) is 15.8 Å². The fourth-order valence-corrected chi connectivity index (χ4v) is 6.87. The molecule has 0 radical (unpaired) electrons. The molecule has 4 aromatic rings. The molecule has 0 atom stereocenters. The number of rotatable bonds is 6. The van der Waals surface area contributed by atoms with E-state index in [9.17, 15) is 13.2 Å². The van der Waals surface area contributed by atoms with Gasteiger partial charge in [-0.2, -0.15) is 9.30 Å². The van der Waals surface area contributed by atoms with E-state index < -0.39 is 15.9 Å². The van der Waals surface area contributed by atoms with Gasteiger partial charge in [0.25, 0.3) is 5.91 Å². The van der Waals surface area contributed by atoms with E-state index in [-0.39, 0.29) is 4.90 Å². The molecular weight excluding hydrogens is 494 g/mol. The summed E-state index contributed by atoms with van der Waals surface area (Å²) >= 11 is 1.38. The van der Waals surface area contributed by atoms with E-state index in [1.807, 2.05) is 47.0 Å². The van der Waals surface area contributed by atoms with E-state index in [1.54, 1.807) is 13.2 Å². The third-order valence-corrected chi connectivity index (χ3v) is 9.13. The number of hydrogen-bond donors (Lipinski definition) is 0. The van der Waals surface area contributed by atoms with Gasteiger partial charge in [0.05, 0.1) is 16.7 Å². The second-order valence-electron chi connectivity index (χ2n) is 8.39. The Labute approximate surface area is 213 Å². The van der Waals surface area contributed by atoms with Crippen LogP contribution < -0.4 is 9.54 Å². The Kier molecular flexibility index (Phi) is 6.61. The summed E-state index contributed by atoms with van der Waals surface area (Å²) in [6.45, 7) is 5.04. The van der Waals surface area contributed by atoms with E-state index in [0.29, 0.717) is 42.2 Å². The molecule has 184 valence electrons. The number of methoxy groups -OCH3 is 1. The Hall–Kier alpha value is -3.53. The topological polar surface area (TPSA) is 81.0 Å². The SMILES string of the molecule is C=CCn1c(=NC(=O)c2ccc(S(=O)(=O)N3CCc4ccccc4C3)cc2)sc2cccc(OC)c21. The third-order valence-electron chi connectivity index (χ3n) is 6.23. The standard InChI is InChI=1S/C27H25N3O4S2/c1-3-16-30-25-23(34-2)9-6-10-24(25)35-27(30)28-26(31)20-11-13-22(14-12-20)36(32,33)29-17-15-19-7-4-5-8-21(19)18-29/h3-14H,1,15-18H2,2H3. The lowest BCUT2D eigenvalue weighted by atomic mass is 10.0. The molecule has 0 aliphatic carbocycles. The van der Waals surface area contributed by atoms with Gasteiger partial charge in [-0.05, 0) is 53.9 Å². The highest BCUT2D eigenvalue weighted by molar-refractivity contribution is 7.89. The molecule has 0 N–H and O–H groups in total. The molecule has 0 unspecified atom stereocenters. The van der Waals surface area contributed by atoms with Crippen LogP contribution in [0.5, 0.6) is 5.75 Å². The van der Waals surface area contributed by atoms with Gasteiger partial charge < -0.3 is 9.30 Å². The van der Waals surface area contributed by atoms with Crippen molar-refractivity contribution in [2.75, 3.05) is 13.7 Å². The lowest BCUT2D eigenvalue weighted by Gasteiger charge is -2.28. The molecule has 3 aromatic carbocycles. The second-order valence-corrected chi connectivity index (χ2v) is 11.3. The number of amides is 1. The third kappa shape index (κ3) is 4.41. The molecule has 0 fully saturated rings. The van der Waals surface area contributed by atoms with Crippen LogP contribution in [0.2, 0.25) is 0 Å². The predicted octanol–water partition coefficient (Wildman–Crippen LogP) is 4.39. The van der Waals surface area contributed by atoms with Crippen LogP contribution in [0.4, 0.5) is 0 Å². The molecule has 0 spiro atoms. The summed E-state index contributed by atoms with van der Waals surface area (Å²) in [7, 11) is -2.08. The van der Waals surface area contributed by atoms with E-state index >= 15 is 0 Å². The van der Waals surface area contributed by atoms with Crippen molar-refractivity contribution in [3.63, 3.8) is 0 Å². The van der Waals surface area contributed by atoms with Gasteiger partial charge in [-0.3, -0.25) is 4.79 Å². The molecule has 1 aliphatic heterocycles. The van der Waals surface area contributed by atoms with Crippen LogP contribution in [0, 0.1) is 0 Å². The Morgan fingerprint density at radius 3 is 2.56 bits per heavy atom. The van der Waals surface area contributed by atoms with Crippen molar-refractivity contribution in [1.29, 1.82) is 0 Å². The fraction of sp³-hybridized carbons (Fsp3) is 0.185. The summed E-state index contributed by atoms with van der Waals surface area (Å²) in [6.07, 6.45) is 2.41. The maximum absolute atomic E-state index is 13.2.